The molecule has 4 rings (SSSR count). The molecule has 0 unspecified atom stereocenters. The van der Waals surface area contributed by atoms with Crippen molar-refractivity contribution in [2.45, 2.75) is 50.8 Å². The van der Waals surface area contributed by atoms with E-state index in [1.54, 1.807) is 11.3 Å². The first kappa shape index (κ1) is 22.4. The number of aromatic nitrogens is 3. The zero-order chi connectivity index (χ0) is 22.5. The molecular formula is C23H25N5O2S2. The molecular weight excluding hydrogens is 442 g/mol. The lowest BCUT2D eigenvalue weighted by Crippen LogP contribution is -2.14. The second kappa shape index (κ2) is 10.2. The number of nitrogens with zero attached hydrogens (tertiary/aromatic N) is 4. The molecule has 166 valence electrons. The zero-order valence-electron chi connectivity index (χ0n) is 18.2. The van der Waals surface area contributed by atoms with Gasteiger partial charge in [-0.1, -0.05) is 35.9 Å². The topological polar surface area (TPSA) is 92.8 Å². The van der Waals surface area contributed by atoms with Crippen LogP contribution in [0.25, 0.3) is 0 Å². The van der Waals surface area contributed by atoms with Gasteiger partial charge < -0.3 is 14.6 Å². The SMILES string of the molecule is Cc1ccc(OCc2nnc(SCC(=O)Nc3sc4c(c3C#N)CCCCC4)n2C)cc1. The van der Waals surface area contributed by atoms with Crippen LogP contribution in [0.2, 0.25) is 0 Å². The third-order valence-electron chi connectivity index (χ3n) is 5.43. The molecule has 1 N–H and O–H groups in total. The van der Waals surface area contributed by atoms with E-state index in [1.165, 1.54) is 28.6 Å². The first-order valence-electron chi connectivity index (χ1n) is 10.6. The predicted molar refractivity (Wildman–Crippen MR) is 126 cm³/mol. The number of aryl methyl sites for hydroxylation is 2. The second-order valence-corrected chi connectivity index (χ2v) is 9.82. The molecule has 0 saturated heterocycles. The molecule has 1 amide bonds. The molecule has 3 aromatic rings. The van der Waals surface area contributed by atoms with Gasteiger partial charge in [0.1, 0.15) is 23.4 Å². The van der Waals surface area contributed by atoms with E-state index in [4.69, 9.17) is 4.74 Å². The summed E-state index contributed by atoms with van der Waals surface area (Å²) in [5.74, 6) is 1.50. The van der Waals surface area contributed by atoms with Crippen LogP contribution in [0.4, 0.5) is 5.00 Å². The molecule has 2 heterocycles. The normalized spacial score (nSPS) is 13.2. The van der Waals surface area contributed by atoms with Crippen LogP contribution in [0, 0.1) is 18.3 Å². The number of amides is 1. The molecule has 1 aliphatic carbocycles. The number of hydrogen-bond donors (Lipinski definition) is 1. The Bertz CT molecular complexity index is 1140. The van der Waals surface area contributed by atoms with E-state index in [-0.39, 0.29) is 11.7 Å². The average molecular weight is 468 g/mol. The van der Waals surface area contributed by atoms with Gasteiger partial charge in [-0.3, -0.25) is 4.79 Å². The Balaban J connectivity index is 1.34. The Kier molecular flexibility index (Phi) is 7.12. The molecule has 1 aromatic carbocycles. The number of anilines is 1. The maximum Gasteiger partial charge on any atom is 0.235 e. The van der Waals surface area contributed by atoms with Crippen molar-refractivity contribution in [2.24, 2.45) is 7.05 Å². The van der Waals surface area contributed by atoms with Gasteiger partial charge in [-0.2, -0.15) is 5.26 Å². The van der Waals surface area contributed by atoms with Crippen molar-refractivity contribution in [1.29, 1.82) is 5.26 Å². The summed E-state index contributed by atoms with van der Waals surface area (Å²) in [6.07, 6.45) is 5.35. The van der Waals surface area contributed by atoms with Gasteiger partial charge in [-0.05, 0) is 50.3 Å². The Morgan fingerprint density at radius 1 is 1.25 bits per heavy atom. The van der Waals surface area contributed by atoms with Crippen molar-refractivity contribution < 1.29 is 9.53 Å². The molecule has 0 spiro atoms. The van der Waals surface area contributed by atoms with Crippen LogP contribution in [0.15, 0.2) is 29.4 Å². The number of nitriles is 1. The molecule has 7 nitrogen and oxygen atoms in total. The van der Waals surface area contributed by atoms with Crippen LogP contribution in [-0.4, -0.2) is 26.4 Å². The number of thiophene rings is 1. The quantitative estimate of drug-likeness (QED) is 0.402. The molecule has 0 fully saturated rings. The highest BCUT2D eigenvalue weighted by Crippen LogP contribution is 2.37. The van der Waals surface area contributed by atoms with Gasteiger partial charge in [0.25, 0.3) is 0 Å². The number of carbonyl (C=O) groups is 1. The van der Waals surface area contributed by atoms with Crippen molar-refractivity contribution in [3.63, 3.8) is 0 Å². The average Bonchev–Trinajstić information content (AvgIpc) is 3.21. The van der Waals surface area contributed by atoms with Gasteiger partial charge in [0.15, 0.2) is 11.0 Å². The molecule has 0 atom stereocenters. The summed E-state index contributed by atoms with van der Waals surface area (Å²) >= 11 is 2.86. The molecule has 2 aromatic heterocycles. The lowest BCUT2D eigenvalue weighted by atomic mass is 10.1. The predicted octanol–water partition coefficient (Wildman–Crippen LogP) is 4.64. The van der Waals surface area contributed by atoms with Crippen molar-refractivity contribution in [2.75, 3.05) is 11.1 Å². The van der Waals surface area contributed by atoms with E-state index in [0.29, 0.717) is 28.2 Å². The summed E-state index contributed by atoms with van der Waals surface area (Å²) in [5, 5.41) is 22.3. The van der Waals surface area contributed by atoms with E-state index in [9.17, 15) is 10.1 Å². The monoisotopic (exact) mass is 467 g/mol. The van der Waals surface area contributed by atoms with Gasteiger partial charge in [-0.15, -0.1) is 21.5 Å². The molecule has 0 saturated carbocycles. The Morgan fingerprint density at radius 3 is 2.81 bits per heavy atom. The summed E-state index contributed by atoms with van der Waals surface area (Å²) < 4.78 is 7.61. The van der Waals surface area contributed by atoms with Crippen molar-refractivity contribution in [1.82, 2.24) is 14.8 Å². The molecule has 0 radical (unpaired) electrons. The third-order valence-corrected chi connectivity index (χ3v) is 7.66. The standard InChI is InChI=1S/C23H25N5O2S2/c1-15-8-10-16(11-9-15)30-13-20-26-27-23(28(20)2)31-14-21(29)25-22-18(12-24)17-6-4-3-5-7-19(17)32-22/h8-11H,3-7,13-14H2,1-2H3,(H,25,29). The minimum absolute atomic E-state index is 0.150. The first-order chi connectivity index (χ1) is 15.5. The van der Waals surface area contributed by atoms with Gasteiger partial charge in [0, 0.05) is 11.9 Å². The fourth-order valence-electron chi connectivity index (χ4n) is 3.62. The highest BCUT2D eigenvalue weighted by Gasteiger charge is 2.21. The van der Waals surface area contributed by atoms with Gasteiger partial charge in [0.2, 0.25) is 5.91 Å². The fraction of sp³-hybridized carbons (Fsp3) is 0.391. The number of fused-ring (bicyclic) bond motifs is 1. The van der Waals surface area contributed by atoms with Crippen LogP contribution < -0.4 is 10.1 Å². The minimum atomic E-state index is -0.150. The van der Waals surface area contributed by atoms with E-state index >= 15 is 0 Å². The fourth-order valence-corrected chi connectivity index (χ4v) is 5.61. The van der Waals surface area contributed by atoms with Crippen LogP contribution in [-0.2, 0) is 31.3 Å². The number of hydrogen-bond acceptors (Lipinski definition) is 7. The summed E-state index contributed by atoms with van der Waals surface area (Å²) in [4.78, 5) is 13.8. The maximum atomic E-state index is 12.6. The number of carbonyl (C=O) groups excluding carboxylic acids is 1. The molecule has 0 aliphatic heterocycles. The Hall–Kier alpha value is -2.83. The van der Waals surface area contributed by atoms with Crippen LogP contribution in [0.1, 0.15) is 46.7 Å². The number of thioether (sulfide) groups is 1. The van der Waals surface area contributed by atoms with Crippen molar-refractivity contribution in [3.8, 4) is 11.8 Å². The summed E-state index contributed by atoms with van der Waals surface area (Å²) in [6.45, 7) is 2.33. The van der Waals surface area contributed by atoms with Gasteiger partial charge >= 0.3 is 0 Å². The number of nitrogens with one attached hydrogen (secondary N) is 1. The van der Waals surface area contributed by atoms with Crippen LogP contribution >= 0.6 is 23.1 Å². The number of benzene rings is 1. The molecule has 9 heteroatoms. The highest BCUT2D eigenvalue weighted by molar-refractivity contribution is 7.99. The summed E-state index contributed by atoms with van der Waals surface area (Å²) in [5.41, 5.74) is 2.94. The minimum Gasteiger partial charge on any atom is -0.486 e. The molecule has 0 bridgehead atoms. The molecule has 32 heavy (non-hydrogen) atoms. The van der Waals surface area contributed by atoms with E-state index < -0.39 is 0 Å². The Morgan fingerprint density at radius 2 is 2.03 bits per heavy atom. The molecule has 1 aliphatic rings. The van der Waals surface area contributed by atoms with Crippen LogP contribution in [0.3, 0.4) is 0 Å². The van der Waals surface area contributed by atoms with Gasteiger partial charge in [0.05, 0.1) is 11.3 Å². The number of rotatable bonds is 7. The van der Waals surface area contributed by atoms with E-state index in [2.05, 4.69) is 21.6 Å². The second-order valence-electron chi connectivity index (χ2n) is 7.78. The smallest absolute Gasteiger partial charge is 0.235 e. The largest absolute Gasteiger partial charge is 0.486 e. The van der Waals surface area contributed by atoms with E-state index in [0.717, 1.165) is 37.0 Å². The lowest BCUT2D eigenvalue weighted by Gasteiger charge is -2.07. The maximum absolute atomic E-state index is 12.6. The summed E-state index contributed by atoms with van der Waals surface area (Å²) in [6, 6.07) is 10.1. The lowest BCUT2D eigenvalue weighted by molar-refractivity contribution is -0.113. The van der Waals surface area contributed by atoms with Crippen LogP contribution in [0.5, 0.6) is 5.75 Å². The Labute approximate surface area is 195 Å². The highest BCUT2D eigenvalue weighted by atomic mass is 32.2. The van der Waals surface area contributed by atoms with Crippen molar-refractivity contribution >= 4 is 34.0 Å². The zero-order valence-corrected chi connectivity index (χ0v) is 19.8. The number of ether oxygens (including phenoxy) is 1. The summed E-state index contributed by atoms with van der Waals surface area (Å²) in [7, 11) is 1.86. The van der Waals surface area contributed by atoms with E-state index in [1.807, 2.05) is 42.8 Å². The third kappa shape index (κ3) is 5.14. The van der Waals surface area contributed by atoms with Gasteiger partial charge in [-0.25, -0.2) is 0 Å². The first-order valence-corrected chi connectivity index (χ1v) is 12.4. The van der Waals surface area contributed by atoms with Crippen molar-refractivity contribution in [3.05, 3.63) is 51.7 Å².